The van der Waals surface area contributed by atoms with Crippen molar-refractivity contribution >= 4 is 12.4 Å². The molecule has 0 spiro atoms. The third-order valence-corrected chi connectivity index (χ3v) is 2.56. The second-order valence-electron chi connectivity index (χ2n) is 3.07. The van der Waals surface area contributed by atoms with Crippen LogP contribution < -0.4 is 5.32 Å². The molecule has 2 rings (SSSR count). The summed E-state index contributed by atoms with van der Waals surface area (Å²) in [6.07, 6.45) is -1.35. The van der Waals surface area contributed by atoms with Crippen molar-refractivity contribution in [3.8, 4) is 0 Å². The normalized spacial score (nSPS) is 42.9. The molecule has 4 heteroatoms. The summed E-state index contributed by atoms with van der Waals surface area (Å²) in [5.74, 6) is 0.289. The Morgan fingerprint density at radius 1 is 1.50 bits per heavy atom. The molecule has 0 bridgehead atoms. The largest absolute Gasteiger partial charge is 0.316 e. The van der Waals surface area contributed by atoms with Crippen LogP contribution in [0.2, 0.25) is 0 Å². The van der Waals surface area contributed by atoms with Gasteiger partial charge >= 0.3 is 0 Å². The van der Waals surface area contributed by atoms with E-state index in [9.17, 15) is 8.78 Å². The smallest absolute Gasteiger partial charge is 0.245 e. The van der Waals surface area contributed by atoms with Gasteiger partial charge in [-0.15, -0.1) is 12.4 Å². The lowest BCUT2D eigenvalue weighted by molar-refractivity contribution is 0.0642. The first-order valence-electron chi connectivity index (χ1n) is 3.24. The molecule has 1 heterocycles. The number of piperidine rings is 1. The van der Waals surface area contributed by atoms with Crippen LogP contribution in [0.25, 0.3) is 0 Å². The maximum absolute atomic E-state index is 12.1. The summed E-state index contributed by atoms with van der Waals surface area (Å²) in [7, 11) is 0. The van der Waals surface area contributed by atoms with Crippen molar-refractivity contribution in [1.82, 2.24) is 5.32 Å². The highest BCUT2D eigenvalue weighted by Crippen LogP contribution is 2.58. The van der Waals surface area contributed by atoms with Gasteiger partial charge in [0.1, 0.15) is 0 Å². The molecule has 0 amide bonds. The summed E-state index contributed by atoms with van der Waals surface area (Å²) in [4.78, 5) is 0. The summed E-state index contributed by atoms with van der Waals surface area (Å²) >= 11 is 0. The summed E-state index contributed by atoms with van der Waals surface area (Å²) < 4.78 is 24.3. The molecule has 1 aliphatic heterocycles. The van der Waals surface area contributed by atoms with Crippen molar-refractivity contribution in [2.24, 2.45) is 11.3 Å². The first-order valence-corrected chi connectivity index (χ1v) is 3.24. The number of hydrogen-bond acceptors (Lipinski definition) is 1. The fraction of sp³-hybridized carbons (Fsp3) is 1.00. The first-order chi connectivity index (χ1) is 4.26. The molecule has 2 aliphatic rings. The molecule has 0 aromatic carbocycles. The molecule has 0 aromatic heterocycles. The van der Waals surface area contributed by atoms with Gasteiger partial charge in [-0.2, -0.15) is 0 Å². The molecule has 60 valence electrons. The average Bonchev–Trinajstić information content (AvgIpc) is 2.38. The van der Waals surface area contributed by atoms with E-state index in [-0.39, 0.29) is 18.3 Å². The molecular weight excluding hydrogens is 160 g/mol. The lowest BCUT2D eigenvalue weighted by Gasteiger charge is -2.07. The zero-order valence-electron chi connectivity index (χ0n) is 5.44. The van der Waals surface area contributed by atoms with E-state index in [1.807, 2.05) is 0 Å². The number of nitrogens with one attached hydrogen (secondary N) is 1. The highest BCUT2D eigenvalue weighted by atomic mass is 35.5. The molecule has 2 atom stereocenters. The topological polar surface area (TPSA) is 12.0 Å². The van der Waals surface area contributed by atoms with Crippen LogP contribution in [0.3, 0.4) is 0 Å². The van der Waals surface area contributed by atoms with Crippen molar-refractivity contribution in [2.75, 3.05) is 13.1 Å². The van der Waals surface area contributed by atoms with Crippen LogP contribution in [0.4, 0.5) is 8.78 Å². The number of halogens is 3. The average molecular weight is 170 g/mol. The van der Waals surface area contributed by atoms with Crippen LogP contribution >= 0.6 is 12.4 Å². The lowest BCUT2D eigenvalue weighted by atomic mass is 10.1. The minimum atomic E-state index is -2.10. The van der Waals surface area contributed by atoms with Gasteiger partial charge in [0.15, 0.2) is 0 Å². The van der Waals surface area contributed by atoms with Gasteiger partial charge in [-0.25, -0.2) is 8.78 Å². The predicted octanol–water partition coefficient (Wildman–Crippen LogP) is 1.28. The van der Waals surface area contributed by atoms with Gasteiger partial charge in [0, 0.05) is 12.0 Å². The van der Waals surface area contributed by atoms with Crippen molar-refractivity contribution in [3.63, 3.8) is 0 Å². The number of fused-ring (bicyclic) bond motifs is 1. The minimum absolute atomic E-state index is 0. The molecule has 1 aliphatic carbocycles. The van der Waals surface area contributed by atoms with Crippen LogP contribution in [0.15, 0.2) is 0 Å². The molecule has 1 saturated carbocycles. The van der Waals surface area contributed by atoms with Gasteiger partial charge in [0.05, 0.1) is 0 Å². The third kappa shape index (κ3) is 0.839. The van der Waals surface area contributed by atoms with Crippen LogP contribution in [-0.2, 0) is 0 Å². The summed E-state index contributed by atoms with van der Waals surface area (Å²) in [6, 6.07) is 0. The molecule has 2 fully saturated rings. The Morgan fingerprint density at radius 3 is 2.40 bits per heavy atom. The second-order valence-corrected chi connectivity index (χ2v) is 3.07. The highest BCUT2D eigenvalue weighted by molar-refractivity contribution is 5.85. The van der Waals surface area contributed by atoms with Gasteiger partial charge in [-0.1, -0.05) is 0 Å². The summed E-state index contributed by atoms with van der Waals surface area (Å²) in [5, 5.41) is 2.96. The van der Waals surface area contributed by atoms with Crippen molar-refractivity contribution in [3.05, 3.63) is 0 Å². The van der Waals surface area contributed by atoms with E-state index in [1.165, 1.54) is 0 Å². The van der Waals surface area contributed by atoms with Crippen molar-refractivity contribution in [1.29, 1.82) is 0 Å². The Morgan fingerprint density at radius 2 is 2.20 bits per heavy atom. The quantitative estimate of drug-likeness (QED) is 0.624. The first kappa shape index (κ1) is 8.21. The van der Waals surface area contributed by atoms with Gasteiger partial charge in [0.2, 0.25) is 6.43 Å². The van der Waals surface area contributed by atoms with Gasteiger partial charge in [0.25, 0.3) is 0 Å². The maximum atomic E-state index is 12.1. The maximum Gasteiger partial charge on any atom is 0.245 e. The van der Waals surface area contributed by atoms with Crippen LogP contribution in [-0.4, -0.2) is 19.5 Å². The number of alkyl halides is 2. The molecule has 0 radical (unpaired) electrons. The zero-order valence-corrected chi connectivity index (χ0v) is 6.26. The Labute approximate surface area is 64.6 Å². The fourth-order valence-electron chi connectivity index (χ4n) is 1.72. The van der Waals surface area contributed by atoms with E-state index >= 15 is 0 Å². The van der Waals surface area contributed by atoms with Crippen LogP contribution in [0, 0.1) is 11.3 Å². The van der Waals surface area contributed by atoms with E-state index in [0.717, 1.165) is 13.0 Å². The number of rotatable bonds is 1. The van der Waals surface area contributed by atoms with Crippen LogP contribution in [0.5, 0.6) is 0 Å². The Kier molecular flexibility index (Phi) is 1.90. The summed E-state index contributed by atoms with van der Waals surface area (Å²) in [6.45, 7) is 1.35. The van der Waals surface area contributed by atoms with Crippen LogP contribution in [0.1, 0.15) is 6.42 Å². The molecule has 0 unspecified atom stereocenters. The standard InChI is InChI=1S/C6H9F2N.ClH/c7-5(8)6-1-4(6)2-9-3-6;/h4-5,9H,1-3H2;1H/t4-,6-;/m1./s1. The fourth-order valence-corrected chi connectivity index (χ4v) is 1.72. The monoisotopic (exact) mass is 169 g/mol. The van der Waals surface area contributed by atoms with Gasteiger partial charge < -0.3 is 5.32 Å². The Balaban J connectivity index is 0.000000500. The Hall–Kier alpha value is 0.110. The highest BCUT2D eigenvalue weighted by Gasteiger charge is 2.63. The van der Waals surface area contributed by atoms with Crippen molar-refractivity contribution in [2.45, 2.75) is 12.8 Å². The van der Waals surface area contributed by atoms with E-state index in [2.05, 4.69) is 5.32 Å². The van der Waals surface area contributed by atoms with E-state index in [4.69, 9.17) is 0 Å². The van der Waals surface area contributed by atoms with E-state index < -0.39 is 11.8 Å². The second kappa shape index (κ2) is 2.31. The zero-order chi connectivity index (χ0) is 6.48. The molecule has 1 nitrogen and oxygen atoms in total. The lowest BCUT2D eigenvalue weighted by Crippen LogP contribution is -2.21. The van der Waals surface area contributed by atoms with Gasteiger partial charge in [-0.3, -0.25) is 0 Å². The third-order valence-electron chi connectivity index (χ3n) is 2.56. The molecule has 1 N–H and O–H groups in total. The molecule has 1 saturated heterocycles. The summed E-state index contributed by atoms with van der Waals surface area (Å²) in [5.41, 5.74) is -0.583. The van der Waals surface area contributed by atoms with E-state index in [1.54, 1.807) is 0 Å². The van der Waals surface area contributed by atoms with E-state index in [0.29, 0.717) is 6.54 Å². The predicted molar refractivity (Wildman–Crippen MR) is 36.7 cm³/mol. The minimum Gasteiger partial charge on any atom is -0.316 e. The Bertz CT molecular complexity index is 138. The SMILES string of the molecule is Cl.FC(F)[C@]12CNC[C@H]1C2. The molecular formula is C6H10ClF2N. The van der Waals surface area contributed by atoms with Crippen molar-refractivity contribution < 1.29 is 8.78 Å². The molecule has 10 heavy (non-hydrogen) atoms. The molecule has 0 aromatic rings. The number of hydrogen-bond donors (Lipinski definition) is 1. The van der Waals surface area contributed by atoms with Gasteiger partial charge in [-0.05, 0) is 18.9 Å².